The Bertz CT molecular complexity index is 518. The summed E-state index contributed by atoms with van der Waals surface area (Å²) in [5, 5.41) is 2.91. The molecule has 0 saturated carbocycles. The lowest BCUT2D eigenvalue weighted by molar-refractivity contribution is -0.921. The first kappa shape index (κ1) is 16.0. The molecule has 0 bridgehead atoms. The number of hydrogen-bond acceptors (Lipinski definition) is 2. The first-order valence-electron chi connectivity index (χ1n) is 7.17. The van der Waals surface area contributed by atoms with Gasteiger partial charge in [-0.2, -0.15) is 0 Å². The van der Waals surface area contributed by atoms with Gasteiger partial charge >= 0.3 is 0 Å². The van der Waals surface area contributed by atoms with Gasteiger partial charge in [-0.15, -0.1) is 0 Å². The van der Waals surface area contributed by atoms with Crippen molar-refractivity contribution in [1.29, 1.82) is 0 Å². The molecule has 2 rings (SSSR count). The summed E-state index contributed by atoms with van der Waals surface area (Å²) in [6.07, 6.45) is 1.76. The van der Waals surface area contributed by atoms with E-state index in [9.17, 15) is 9.59 Å². The van der Waals surface area contributed by atoms with Crippen LogP contribution in [0.5, 0.6) is 0 Å². The fraction of sp³-hybridized carbons (Fsp3) is 0.467. The van der Waals surface area contributed by atoms with Crippen molar-refractivity contribution in [1.82, 2.24) is 0 Å². The number of nitrogens with two attached hydrogens (primary N) is 1. The van der Waals surface area contributed by atoms with E-state index in [0.29, 0.717) is 6.54 Å². The molecule has 114 valence electrons. The van der Waals surface area contributed by atoms with Crippen LogP contribution >= 0.6 is 15.9 Å². The van der Waals surface area contributed by atoms with Gasteiger partial charge in [-0.1, -0.05) is 15.9 Å². The number of primary amides is 1. The Morgan fingerprint density at radius 1 is 1.38 bits per heavy atom. The highest BCUT2D eigenvalue weighted by atomic mass is 79.9. The van der Waals surface area contributed by atoms with Crippen molar-refractivity contribution < 1.29 is 14.5 Å². The van der Waals surface area contributed by atoms with E-state index in [0.717, 1.165) is 34.4 Å². The van der Waals surface area contributed by atoms with Crippen LogP contribution in [0.3, 0.4) is 0 Å². The SMILES string of the molecule is C[C@H](C(=O)Nc1ccc(Br)cc1)[NH+]1CCC[C@H](C(N)=O)C1. The Hall–Kier alpha value is -1.40. The van der Waals surface area contributed by atoms with Crippen LogP contribution in [0.4, 0.5) is 5.69 Å². The molecule has 1 fully saturated rings. The van der Waals surface area contributed by atoms with E-state index >= 15 is 0 Å². The predicted octanol–water partition coefficient (Wildman–Crippen LogP) is 0.556. The second kappa shape index (κ2) is 7.04. The van der Waals surface area contributed by atoms with Crippen molar-refractivity contribution in [3.63, 3.8) is 0 Å². The zero-order valence-electron chi connectivity index (χ0n) is 12.1. The standard InChI is InChI=1S/C15H20BrN3O2/c1-10(19-8-2-3-11(9-19)14(17)20)15(21)18-13-6-4-12(16)5-7-13/h4-7,10-11H,2-3,8-9H2,1H3,(H2,17,20)(H,18,21)/p+1/t10-,11+/m1/s1. The Balaban J connectivity index is 1.95. The first-order valence-corrected chi connectivity index (χ1v) is 7.97. The molecule has 21 heavy (non-hydrogen) atoms. The summed E-state index contributed by atoms with van der Waals surface area (Å²) in [6, 6.07) is 7.28. The molecular weight excluding hydrogens is 334 g/mol. The van der Waals surface area contributed by atoms with Gasteiger partial charge in [0.25, 0.3) is 5.91 Å². The van der Waals surface area contributed by atoms with Gasteiger partial charge in [0.2, 0.25) is 5.91 Å². The van der Waals surface area contributed by atoms with Crippen molar-refractivity contribution in [3.8, 4) is 0 Å². The predicted molar refractivity (Wildman–Crippen MR) is 84.8 cm³/mol. The molecule has 1 heterocycles. The molecule has 6 heteroatoms. The summed E-state index contributed by atoms with van der Waals surface area (Å²) >= 11 is 3.36. The number of nitrogens with one attached hydrogen (secondary N) is 2. The van der Waals surface area contributed by atoms with Crippen molar-refractivity contribution in [2.75, 3.05) is 18.4 Å². The molecule has 0 aliphatic carbocycles. The Morgan fingerprint density at radius 2 is 2.05 bits per heavy atom. The average molecular weight is 355 g/mol. The van der Waals surface area contributed by atoms with Crippen LogP contribution in [0.25, 0.3) is 0 Å². The highest BCUT2D eigenvalue weighted by Crippen LogP contribution is 2.14. The molecule has 1 aromatic rings. The molecule has 3 atom stereocenters. The lowest BCUT2D eigenvalue weighted by Gasteiger charge is -2.31. The van der Waals surface area contributed by atoms with E-state index in [2.05, 4.69) is 21.2 Å². The summed E-state index contributed by atoms with van der Waals surface area (Å²) in [7, 11) is 0. The molecule has 1 aliphatic rings. The third-order valence-corrected chi connectivity index (χ3v) is 4.61. The van der Waals surface area contributed by atoms with E-state index in [1.165, 1.54) is 0 Å². The molecule has 1 unspecified atom stereocenters. The van der Waals surface area contributed by atoms with Crippen molar-refractivity contribution in [2.24, 2.45) is 11.7 Å². The third kappa shape index (κ3) is 4.28. The minimum atomic E-state index is -0.257. The van der Waals surface area contributed by atoms with Crippen molar-refractivity contribution in [2.45, 2.75) is 25.8 Å². The van der Waals surface area contributed by atoms with Crippen LogP contribution in [0.2, 0.25) is 0 Å². The monoisotopic (exact) mass is 354 g/mol. The summed E-state index contributed by atoms with van der Waals surface area (Å²) in [4.78, 5) is 24.8. The Labute approximate surface area is 133 Å². The van der Waals surface area contributed by atoms with Crippen LogP contribution in [0, 0.1) is 5.92 Å². The van der Waals surface area contributed by atoms with Crippen LogP contribution in [-0.2, 0) is 9.59 Å². The van der Waals surface area contributed by atoms with Crippen LogP contribution in [0.1, 0.15) is 19.8 Å². The highest BCUT2D eigenvalue weighted by molar-refractivity contribution is 9.10. The van der Waals surface area contributed by atoms with Crippen LogP contribution in [-0.4, -0.2) is 30.9 Å². The second-order valence-electron chi connectivity index (χ2n) is 5.57. The largest absolute Gasteiger partial charge is 0.369 e. The molecule has 0 spiro atoms. The maximum absolute atomic E-state index is 12.3. The highest BCUT2D eigenvalue weighted by Gasteiger charge is 2.33. The topological polar surface area (TPSA) is 76.6 Å². The number of halogens is 1. The number of benzene rings is 1. The van der Waals surface area contributed by atoms with Gasteiger partial charge in [-0.3, -0.25) is 9.59 Å². The third-order valence-electron chi connectivity index (χ3n) is 4.08. The van der Waals surface area contributed by atoms with E-state index in [1.54, 1.807) is 0 Å². The minimum Gasteiger partial charge on any atom is -0.369 e. The van der Waals surface area contributed by atoms with E-state index < -0.39 is 0 Å². The summed E-state index contributed by atoms with van der Waals surface area (Å²) < 4.78 is 0.972. The molecule has 0 aromatic heterocycles. The van der Waals surface area contributed by atoms with Gasteiger partial charge in [0.1, 0.15) is 0 Å². The maximum atomic E-state index is 12.3. The van der Waals surface area contributed by atoms with Gasteiger partial charge in [0.05, 0.1) is 19.0 Å². The number of rotatable bonds is 4. The number of anilines is 1. The molecule has 4 N–H and O–H groups in total. The lowest BCUT2D eigenvalue weighted by Crippen LogP contribution is -3.18. The number of amides is 2. The Morgan fingerprint density at radius 3 is 2.67 bits per heavy atom. The van der Waals surface area contributed by atoms with Crippen LogP contribution in [0.15, 0.2) is 28.7 Å². The normalized spacial score (nSPS) is 23.3. The zero-order chi connectivity index (χ0) is 15.4. The number of quaternary nitrogens is 1. The fourth-order valence-corrected chi connectivity index (χ4v) is 2.97. The van der Waals surface area contributed by atoms with Gasteiger partial charge < -0.3 is 16.0 Å². The number of carbonyl (C=O) groups is 2. The molecule has 1 aliphatic heterocycles. The van der Waals surface area contributed by atoms with Gasteiger partial charge in [-0.25, -0.2) is 0 Å². The quantitative estimate of drug-likeness (QED) is 0.738. The van der Waals surface area contributed by atoms with Crippen molar-refractivity contribution in [3.05, 3.63) is 28.7 Å². The van der Waals surface area contributed by atoms with Gasteiger partial charge in [0, 0.05) is 10.2 Å². The number of carbonyl (C=O) groups excluding carboxylic acids is 2. The van der Waals surface area contributed by atoms with E-state index in [1.807, 2.05) is 31.2 Å². The number of piperidine rings is 1. The van der Waals surface area contributed by atoms with Gasteiger partial charge in [0.15, 0.2) is 6.04 Å². The van der Waals surface area contributed by atoms with Crippen molar-refractivity contribution >= 4 is 33.4 Å². The lowest BCUT2D eigenvalue weighted by atomic mass is 9.96. The van der Waals surface area contributed by atoms with E-state index in [4.69, 9.17) is 5.73 Å². The molecule has 2 amide bonds. The molecule has 0 radical (unpaired) electrons. The summed E-state index contributed by atoms with van der Waals surface area (Å²) in [5.74, 6) is -0.401. The molecule has 5 nitrogen and oxygen atoms in total. The zero-order valence-corrected chi connectivity index (χ0v) is 13.7. The van der Waals surface area contributed by atoms with Crippen LogP contribution < -0.4 is 16.0 Å². The molecular formula is C15H21BrN3O2+. The number of likely N-dealkylation sites (tertiary alicyclic amines) is 1. The second-order valence-corrected chi connectivity index (χ2v) is 6.49. The number of hydrogen-bond donors (Lipinski definition) is 3. The summed E-state index contributed by atoms with van der Waals surface area (Å²) in [5.41, 5.74) is 6.16. The average Bonchev–Trinajstić information content (AvgIpc) is 2.49. The first-order chi connectivity index (χ1) is 9.97. The van der Waals surface area contributed by atoms with Gasteiger partial charge in [-0.05, 0) is 44.0 Å². The Kier molecular flexibility index (Phi) is 5.36. The smallest absolute Gasteiger partial charge is 0.282 e. The molecule has 1 aromatic carbocycles. The van der Waals surface area contributed by atoms with E-state index in [-0.39, 0.29) is 23.8 Å². The fourth-order valence-electron chi connectivity index (χ4n) is 2.70. The minimum absolute atomic E-state index is 0.0301. The summed E-state index contributed by atoms with van der Waals surface area (Å²) in [6.45, 7) is 3.44. The molecule has 1 saturated heterocycles. The maximum Gasteiger partial charge on any atom is 0.282 e.